The lowest BCUT2D eigenvalue weighted by Crippen LogP contribution is -2.14. The van der Waals surface area contributed by atoms with Crippen LogP contribution in [0.4, 0.5) is 22.2 Å². The minimum atomic E-state index is -0.204. The summed E-state index contributed by atoms with van der Waals surface area (Å²) in [5.74, 6) is 1.79. The number of benzene rings is 2. The summed E-state index contributed by atoms with van der Waals surface area (Å²) in [5.41, 5.74) is 8.15. The molecule has 0 saturated heterocycles. The van der Waals surface area contributed by atoms with Crippen LogP contribution in [0.15, 0.2) is 54.6 Å². The predicted molar refractivity (Wildman–Crippen MR) is 108 cm³/mol. The number of hydrogen-bond acceptors (Lipinski definition) is 6. The van der Waals surface area contributed by atoms with E-state index in [4.69, 9.17) is 5.73 Å². The molecule has 0 aliphatic heterocycles. The largest absolute Gasteiger partial charge is 0.368 e. The Hall–Kier alpha value is -3.22. The molecule has 28 heavy (non-hydrogen) atoms. The van der Waals surface area contributed by atoms with Gasteiger partial charge in [0.05, 0.1) is 6.04 Å². The predicted octanol–water partition coefficient (Wildman–Crippen LogP) is 3.98. The summed E-state index contributed by atoms with van der Waals surface area (Å²) in [7, 11) is 0. The average molecular weight is 378 g/mol. The quantitative estimate of drug-likeness (QED) is 0.576. The Morgan fingerprint density at radius 1 is 1.04 bits per heavy atom. The fourth-order valence-corrected chi connectivity index (χ4v) is 3.37. The second-order valence-corrected chi connectivity index (χ2v) is 7.15. The van der Waals surface area contributed by atoms with Crippen LogP contribution in [0.25, 0.3) is 0 Å². The maximum absolute atomic E-state index is 13.1. The molecule has 144 valence electrons. The molecule has 2 aromatic carbocycles. The van der Waals surface area contributed by atoms with Gasteiger partial charge in [-0.25, -0.2) is 4.39 Å². The summed E-state index contributed by atoms with van der Waals surface area (Å²) >= 11 is 0. The molecule has 1 heterocycles. The number of nitrogens with zero attached hydrogens (tertiary/aromatic N) is 3. The highest BCUT2D eigenvalue weighted by Crippen LogP contribution is 2.47. The van der Waals surface area contributed by atoms with E-state index in [-0.39, 0.29) is 17.8 Å². The molecule has 0 bridgehead atoms. The number of rotatable bonds is 7. The van der Waals surface area contributed by atoms with Crippen molar-refractivity contribution in [1.82, 2.24) is 15.0 Å². The molecule has 1 fully saturated rings. The minimum absolute atomic E-state index is 0.0436. The molecule has 4 rings (SSSR count). The van der Waals surface area contributed by atoms with Crippen LogP contribution in [0.2, 0.25) is 0 Å². The molecule has 3 unspecified atom stereocenters. The minimum Gasteiger partial charge on any atom is -0.368 e. The van der Waals surface area contributed by atoms with E-state index in [0.717, 1.165) is 18.5 Å². The highest BCUT2D eigenvalue weighted by molar-refractivity contribution is 5.42. The molecular weight excluding hydrogens is 355 g/mol. The fourth-order valence-electron chi connectivity index (χ4n) is 3.37. The molecule has 7 heteroatoms. The molecule has 1 aromatic heterocycles. The van der Waals surface area contributed by atoms with Crippen molar-refractivity contribution in [3.05, 3.63) is 71.5 Å². The monoisotopic (exact) mass is 378 g/mol. The highest BCUT2D eigenvalue weighted by Gasteiger charge is 2.38. The van der Waals surface area contributed by atoms with Crippen molar-refractivity contribution in [2.24, 2.45) is 5.92 Å². The standard InChI is InChI=1S/C21H23FN6/c1-13(14-5-3-2-4-6-14)25-21-27-19(23)26-20(28-21)24-12-16-11-18(16)15-7-9-17(22)10-8-15/h2-10,13,16,18H,11-12H2,1H3,(H4,23,24,25,26,27,28). The molecule has 3 aromatic rings. The zero-order valence-electron chi connectivity index (χ0n) is 15.6. The van der Waals surface area contributed by atoms with Crippen LogP contribution >= 0.6 is 0 Å². The average Bonchev–Trinajstić information content (AvgIpc) is 3.47. The van der Waals surface area contributed by atoms with Crippen molar-refractivity contribution in [2.45, 2.75) is 25.3 Å². The molecule has 1 aliphatic rings. The zero-order valence-corrected chi connectivity index (χ0v) is 15.6. The number of nitrogen functional groups attached to an aromatic ring is 1. The van der Waals surface area contributed by atoms with Crippen molar-refractivity contribution < 1.29 is 4.39 Å². The molecule has 1 saturated carbocycles. The van der Waals surface area contributed by atoms with Gasteiger partial charge in [-0.15, -0.1) is 0 Å². The molecule has 3 atom stereocenters. The summed E-state index contributed by atoms with van der Waals surface area (Å²) in [4.78, 5) is 12.8. The van der Waals surface area contributed by atoms with Gasteiger partial charge in [0.1, 0.15) is 5.82 Å². The first kappa shape index (κ1) is 18.2. The van der Waals surface area contributed by atoms with Gasteiger partial charge in [0.15, 0.2) is 0 Å². The van der Waals surface area contributed by atoms with Crippen LogP contribution in [0.5, 0.6) is 0 Å². The van der Waals surface area contributed by atoms with E-state index >= 15 is 0 Å². The Labute approximate surface area is 163 Å². The van der Waals surface area contributed by atoms with Gasteiger partial charge in [-0.2, -0.15) is 15.0 Å². The van der Waals surface area contributed by atoms with Gasteiger partial charge in [0.25, 0.3) is 0 Å². The van der Waals surface area contributed by atoms with Crippen LogP contribution in [-0.2, 0) is 0 Å². The van der Waals surface area contributed by atoms with Crippen molar-refractivity contribution in [3.8, 4) is 0 Å². The SMILES string of the molecule is CC(Nc1nc(N)nc(NCC2CC2c2ccc(F)cc2)n1)c1ccccc1. The van der Waals surface area contributed by atoms with Crippen molar-refractivity contribution in [3.63, 3.8) is 0 Å². The van der Waals surface area contributed by atoms with Crippen LogP contribution in [0, 0.1) is 11.7 Å². The second kappa shape index (κ2) is 7.80. The Morgan fingerprint density at radius 3 is 2.50 bits per heavy atom. The van der Waals surface area contributed by atoms with Crippen LogP contribution in [0.3, 0.4) is 0 Å². The third kappa shape index (κ3) is 4.36. The number of anilines is 3. The van der Waals surface area contributed by atoms with E-state index in [9.17, 15) is 4.39 Å². The molecule has 0 amide bonds. The highest BCUT2D eigenvalue weighted by atomic mass is 19.1. The van der Waals surface area contributed by atoms with Gasteiger partial charge >= 0.3 is 0 Å². The number of nitrogens with two attached hydrogens (primary N) is 1. The normalized spacial score (nSPS) is 19.1. The number of halogens is 1. The lowest BCUT2D eigenvalue weighted by Gasteiger charge is -2.15. The Kier molecular flexibility index (Phi) is 5.06. The van der Waals surface area contributed by atoms with Gasteiger partial charge in [0.2, 0.25) is 17.8 Å². The van der Waals surface area contributed by atoms with Gasteiger partial charge in [-0.1, -0.05) is 42.5 Å². The Balaban J connectivity index is 1.36. The maximum Gasteiger partial charge on any atom is 0.229 e. The van der Waals surface area contributed by atoms with Crippen molar-refractivity contribution >= 4 is 17.8 Å². The molecule has 4 N–H and O–H groups in total. The summed E-state index contributed by atoms with van der Waals surface area (Å²) in [6.45, 7) is 2.78. The van der Waals surface area contributed by atoms with Gasteiger partial charge in [0, 0.05) is 6.54 Å². The molecule has 1 aliphatic carbocycles. The van der Waals surface area contributed by atoms with Crippen LogP contribution in [-0.4, -0.2) is 21.5 Å². The van der Waals surface area contributed by atoms with E-state index in [1.807, 2.05) is 49.4 Å². The van der Waals surface area contributed by atoms with Gasteiger partial charge in [-0.05, 0) is 48.4 Å². The Bertz CT molecular complexity index is 931. The van der Waals surface area contributed by atoms with Gasteiger partial charge in [-0.3, -0.25) is 0 Å². The molecule has 6 nitrogen and oxygen atoms in total. The number of nitrogens with one attached hydrogen (secondary N) is 2. The van der Waals surface area contributed by atoms with Crippen molar-refractivity contribution in [1.29, 1.82) is 0 Å². The summed E-state index contributed by atoms with van der Waals surface area (Å²) in [6, 6.07) is 16.8. The second-order valence-electron chi connectivity index (χ2n) is 7.15. The van der Waals surface area contributed by atoms with Crippen LogP contribution in [0.1, 0.15) is 36.4 Å². The summed E-state index contributed by atoms with van der Waals surface area (Å²) in [6.07, 6.45) is 1.06. The van der Waals surface area contributed by atoms with Crippen LogP contribution < -0.4 is 16.4 Å². The lowest BCUT2D eigenvalue weighted by molar-refractivity contribution is 0.627. The number of hydrogen-bond donors (Lipinski definition) is 3. The van der Waals surface area contributed by atoms with E-state index in [2.05, 4.69) is 25.6 Å². The summed E-state index contributed by atoms with van der Waals surface area (Å²) in [5, 5.41) is 6.52. The molecule has 0 spiro atoms. The third-order valence-corrected chi connectivity index (χ3v) is 5.04. The maximum atomic E-state index is 13.1. The molecule has 0 radical (unpaired) electrons. The topological polar surface area (TPSA) is 88.8 Å². The van der Waals surface area contributed by atoms with E-state index < -0.39 is 0 Å². The lowest BCUT2D eigenvalue weighted by atomic mass is 10.1. The third-order valence-electron chi connectivity index (χ3n) is 5.04. The van der Waals surface area contributed by atoms with Gasteiger partial charge < -0.3 is 16.4 Å². The summed E-state index contributed by atoms with van der Waals surface area (Å²) < 4.78 is 13.1. The van der Waals surface area contributed by atoms with E-state index in [1.54, 1.807) is 0 Å². The van der Waals surface area contributed by atoms with E-state index in [1.165, 1.54) is 17.7 Å². The first-order chi connectivity index (χ1) is 13.6. The molecular formula is C21H23FN6. The van der Waals surface area contributed by atoms with Crippen molar-refractivity contribution in [2.75, 3.05) is 22.9 Å². The fraction of sp³-hybridized carbons (Fsp3) is 0.286. The smallest absolute Gasteiger partial charge is 0.229 e. The first-order valence-corrected chi connectivity index (χ1v) is 9.41. The Morgan fingerprint density at radius 2 is 1.75 bits per heavy atom. The first-order valence-electron chi connectivity index (χ1n) is 9.41. The zero-order chi connectivity index (χ0) is 19.5. The van der Waals surface area contributed by atoms with E-state index in [0.29, 0.717) is 23.7 Å². The number of aromatic nitrogens is 3.